The van der Waals surface area contributed by atoms with Crippen LogP contribution in [-0.2, 0) is 0 Å². The lowest BCUT2D eigenvalue weighted by atomic mass is 10.7. The molecule has 0 aliphatic rings. The Hall–Kier alpha value is -1.23. The molecule has 1 rings (SSSR count). The quantitative estimate of drug-likeness (QED) is 0.591. The molecular weight excluding hydrogens is 198 g/mol. The number of carbonyl (C=O) groups is 1. The van der Waals surface area contributed by atoms with Gasteiger partial charge in [0.2, 0.25) is 0 Å². The Morgan fingerprint density at radius 1 is 1.71 bits per heavy atom. The summed E-state index contributed by atoms with van der Waals surface area (Å²) in [5, 5.41) is 2.77. The first-order chi connectivity index (χ1) is 6.84. The molecule has 1 aromatic rings. The van der Waals surface area contributed by atoms with Crippen molar-refractivity contribution in [1.82, 2.24) is 14.9 Å². The third kappa shape index (κ3) is 3.66. The smallest absolute Gasteiger partial charge is 0.326 e. The van der Waals surface area contributed by atoms with E-state index in [2.05, 4.69) is 16.9 Å². The Balaban J connectivity index is 2.13. The fourth-order valence-corrected chi connectivity index (χ4v) is 1.45. The molecule has 0 fully saturated rings. The highest BCUT2D eigenvalue weighted by molar-refractivity contribution is 7.99. The van der Waals surface area contributed by atoms with Gasteiger partial charge < -0.3 is 5.32 Å². The minimum atomic E-state index is -0.137. The van der Waals surface area contributed by atoms with Crippen molar-refractivity contribution in [2.24, 2.45) is 0 Å². The third-order valence-electron chi connectivity index (χ3n) is 1.50. The lowest BCUT2D eigenvalue weighted by Crippen LogP contribution is -2.29. The Morgan fingerprint density at radius 2 is 2.57 bits per heavy atom. The molecule has 76 valence electrons. The van der Waals surface area contributed by atoms with Crippen molar-refractivity contribution in [2.75, 3.05) is 18.1 Å². The number of amides is 1. The summed E-state index contributed by atoms with van der Waals surface area (Å²) >= 11 is 1.73. The van der Waals surface area contributed by atoms with Gasteiger partial charge in [0.25, 0.3) is 0 Å². The predicted molar refractivity (Wildman–Crippen MR) is 58.5 cm³/mol. The maximum atomic E-state index is 11.3. The zero-order valence-electron chi connectivity index (χ0n) is 7.85. The van der Waals surface area contributed by atoms with Crippen LogP contribution in [0.2, 0.25) is 0 Å². The average Bonchev–Trinajstić information content (AvgIpc) is 2.70. The van der Waals surface area contributed by atoms with E-state index in [9.17, 15) is 4.79 Å². The lowest BCUT2D eigenvalue weighted by molar-refractivity contribution is 0.243. The number of thioether (sulfide) groups is 1. The minimum absolute atomic E-state index is 0.137. The van der Waals surface area contributed by atoms with Crippen molar-refractivity contribution in [3.63, 3.8) is 0 Å². The van der Waals surface area contributed by atoms with Gasteiger partial charge in [-0.15, -0.1) is 6.58 Å². The summed E-state index contributed by atoms with van der Waals surface area (Å²) in [6.45, 7) is 4.28. The van der Waals surface area contributed by atoms with E-state index >= 15 is 0 Å². The fourth-order valence-electron chi connectivity index (χ4n) is 0.867. The van der Waals surface area contributed by atoms with E-state index < -0.39 is 0 Å². The molecule has 1 aromatic heterocycles. The van der Waals surface area contributed by atoms with E-state index in [-0.39, 0.29) is 6.03 Å². The highest BCUT2D eigenvalue weighted by atomic mass is 32.2. The van der Waals surface area contributed by atoms with Crippen LogP contribution in [-0.4, -0.2) is 33.6 Å². The van der Waals surface area contributed by atoms with Gasteiger partial charge in [-0.25, -0.2) is 9.78 Å². The highest BCUT2D eigenvalue weighted by Gasteiger charge is 2.00. The summed E-state index contributed by atoms with van der Waals surface area (Å²) in [5.74, 6) is 1.81. The van der Waals surface area contributed by atoms with Crippen LogP contribution in [0.3, 0.4) is 0 Å². The van der Waals surface area contributed by atoms with Crippen molar-refractivity contribution in [1.29, 1.82) is 0 Å². The van der Waals surface area contributed by atoms with E-state index in [4.69, 9.17) is 0 Å². The van der Waals surface area contributed by atoms with Gasteiger partial charge in [0, 0.05) is 30.4 Å². The number of carbonyl (C=O) groups excluding carboxylic acids is 1. The molecule has 0 bridgehead atoms. The molecular formula is C9H13N3OS. The molecule has 5 heteroatoms. The number of rotatable bonds is 5. The van der Waals surface area contributed by atoms with Crippen LogP contribution in [0.1, 0.15) is 0 Å². The second kappa shape index (κ2) is 6.26. The summed E-state index contributed by atoms with van der Waals surface area (Å²) in [5.41, 5.74) is 0. The van der Waals surface area contributed by atoms with E-state index in [1.165, 1.54) is 10.9 Å². The number of aromatic nitrogens is 2. The Kier molecular flexibility index (Phi) is 4.85. The van der Waals surface area contributed by atoms with Crippen LogP contribution in [0.5, 0.6) is 0 Å². The molecule has 0 unspecified atom stereocenters. The summed E-state index contributed by atoms with van der Waals surface area (Å²) in [6, 6.07) is -0.137. The van der Waals surface area contributed by atoms with Crippen LogP contribution in [0.4, 0.5) is 4.79 Å². The minimum Gasteiger partial charge on any atom is -0.337 e. The number of nitrogens with zero attached hydrogens (tertiary/aromatic N) is 2. The first-order valence-electron chi connectivity index (χ1n) is 4.29. The molecule has 0 aliphatic carbocycles. The zero-order chi connectivity index (χ0) is 10.2. The number of nitrogens with one attached hydrogen (secondary N) is 1. The van der Waals surface area contributed by atoms with Gasteiger partial charge in [0.15, 0.2) is 0 Å². The van der Waals surface area contributed by atoms with E-state index in [0.717, 1.165) is 11.5 Å². The molecule has 0 aliphatic heterocycles. The Morgan fingerprint density at radius 3 is 3.21 bits per heavy atom. The number of hydrogen-bond acceptors (Lipinski definition) is 3. The third-order valence-corrected chi connectivity index (χ3v) is 2.46. The molecule has 0 saturated carbocycles. The van der Waals surface area contributed by atoms with E-state index in [0.29, 0.717) is 6.54 Å². The largest absolute Gasteiger partial charge is 0.337 e. The zero-order valence-corrected chi connectivity index (χ0v) is 8.67. The van der Waals surface area contributed by atoms with Crippen molar-refractivity contribution in [3.8, 4) is 0 Å². The monoisotopic (exact) mass is 211 g/mol. The number of hydrogen-bond donors (Lipinski definition) is 1. The van der Waals surface area contributed by atoms with Gasteiger partial charge in [0.05, 0.1) is 0 Å². The van der Waals surface area contributed by atoms with Crippen LogP contribution in [0.15, 0.2) is 31.4 Å². The first-order valence-corrected chi connectivity index (χ1v) is 5.45. The number of imidazole rings is 1. The molecule has 0 spiro atoms. The summed E-state index contributed by atoms with van der Waals surface area (Å²) in [7, 11) is 0. The molecule has 1 heterocycles. The molecule has 0 radical (unpaired) electrons. The first kappa shape index (κ1) is 10.8. The second-order valence-corrected chi connectivity index (χ2v) is 3.72. The van der Waals surface area contributed by atoms with Crippen LogP contribution < -0.4 is 5.32 Å². The maximum Gasteiger partial charge on any atom is 0.326 e. The van der Waals surface area contributed by atoms with Crippen molar-refractivity contribution < 1.29 is 4.79 Å². The van der Waals surface area contributed by atoms with Crippen molar-refractivity contribution >= 4 is 17.8 Å². The topological polar surface area (TPSA) is 46.9 Å². The molecule has 1 N–H and O–H groups in total. The normalized spacial score (nSPS) is 9.71. The fraction of sp³-hybridized carbons (Fsp3) is 0.333. The van der Waals surface area contributed by atoms with Crippen LogP contribution in [0.25, 0.3) is 0 Å². The highest BCUT2D eigenvalue weighted by Crippen LogP contribution is 1.97. The van der Waals surface area contributed by atoms with E-state index in [1.807, 2.05) is 6.08 Å². The molecule has 0 atom stereocenters. The summed E-state index contributed by atoms with van der Waals surface area (Å²) < 4.78 is 1.41. The van der Waals surface area contributed by atoms with Crippen molar-refractivity contribution in [2.45, 2.75) is 0 Å². The maximum absolute atomic E-state index is 11.3. The van der Waals surface area contributed by atoms with Gasteiger partial charge in [-0.05, 0) is 0 Å². The molecule has 0 aromatic carbocycles. The second-order valence-electron chi connectivity index (χ2n) is 2.57. The SMILES string of the molecule is C=CCSCCNC(=O)n1ccnc1. The van der Waals surface area contributed by atoms with Gasteiger partial charge in [-0.2, -0.15) is 11.8 Å². The predicted octanol–water partition coefficient (Wildman–Crippen LogP) is 1.36. The van der Waals surface area contributed by atoms with Crippen molar-refractivity contribution in [3.05, 3.63) is 31.4 Å². The summed E-state index contributed by atoms with van der Waals surface area (Å²) in [4.78, 5) is 15.1. The molecule has 14 heavy (non-hydrogen) atoms. The van der Waals surface area contributed by atoms with Crippen LogP contribution in [0, 0.1) is 0 Å². The average molecular weight is 211 g/mol. The molecule has 1 amide bonds. The van der Waals surface area contributed by atoms with Gasteiger partial charge >= 0.3 is 6.03 Å². The van der Waals surface area contributed by atoms with E-state index in [1.54, 1.807) is 24.2 Å². The van der Waals surface area contributed by atoms with Gasteiger partial charge in [-0.1, -0.05) is 6.08 Å². The Labute approximate surface area is 87.4 Å². The van der Waals surface area contributed by atoms with Crippen LogP contribution >= 0.6 is 11.8 Å². The molecule has 4 nitrogen and oxygen atoms in total. The van der Waals surface area contributed by atoms with Gasteiger partial charge in [-0.3, -0.25) is 4.57 Å². The molecule has 0 saturated heterocycles. The van der Waals surface area contributed by atoms with Gasteiger partial charge in [0.1, 0.15) is 6.33 Å². The lowest BCUT2D eigenvalue weighted by Gasteiger charge is -2.03. The Bertz CT molecular complexity index is 284. The standard InChI is InChI=1S/C9H13N3OS/c1-2-6-14-7-4-11-9(13)12-5-3-10-8-12/h2-3,5,8H,1,4,6-7H2,(H,11,13). The summed E-state index contributed by atoms with van der Waals surface area (Å²) in [6.07, 6.45) is 6.52.